The minimum absolute atomic E-state index is 0.363. The number of hydrogen-bond acceptors (Lipinski definition) is 3. The van der Waals surface area contributed by atoms with Crippen molar-refractivity contribution in [2.75, 3.05) is 13.2 Å². The molecule has 0 unspecified atom stereocenters. The maximum Gasteiger partial charge on any atom is 0.125 e. The van der Waals surface area contributed by atoms with Crippen LogP contribution in [0.2, 0.25) is 0 Å². The maximum absolute atomic E-state index is 5.88. The van der Waals surface area contributed by atoms with E-state index < -0.39 is 0 Å². The molecule has 1 aliphatic carbocycles. The van der Waals surface area contributed by atoms with Gasteiger partial charge in [0.05, 0.1) is 24.5 Å². The van der Waals surface area contributed by atoms with Crippen LogP contribution in [0, 0.1) is 5.92 Å². The van der Waals surface area contributed by atoms with Crippen molar-refractivity contribution >= 4 is 0 Å². The standard InChI is InChI=1S/C14H23N3O/c1-11-14-16-8-13(17(14)7-6-15-11)10-18-9-12-4-2-3-5-12/h8,11-12,15H,2-7,9-10H2,1H3/t11-/m0/s1. The van der Waals surface area contributed by atoms with Crippen LogP contribution in [0.25, 0.3) is 0 Å². The van der Waals surface area contributed by atoms with Crippen molar-refractivity contribution in [2.24, 2.45) is 5.92 Å². The Hall–Kier alpha value is -0.870. The van der Waals surface area contributed by atoms with Gasteiger partial charge in [0.25, 0.3) is 0 Å². The van der Waals surface area contributed by atoms with E-state index in [4.69, 9.17) is 4.74 Å². The van der Waals surface area contributed by atoms with Crippen LogP contribution in [-0.2, 0) is 17.9 Å². The highest BCUT2D eigenvalue weighted by Crippen LogP contribution is 2.25. The summed E-state index contributed by atoms with van der Waals surface area (Å²) < 4.78 is 8.20. The molecule has 1 atom stereocenters. The number of nitrogens with zero attached hydrogens (tertiary/aromatic N) is 2. The van der Waals surface area contributed by atoms with Gasteiger partial charge in [0.1, 0.15) is 5.82 Å². The molecule has 0 amide bonds. The zero-order chi connectivity index (χ0) is 12.4. The molecule has 2 heterocycles. The lowest BCUT2D eigenvalue weighted by atomic mass is 10.1. The Balaban J connectivity index is 1.56. The first-order valence-electron chi connectivity index (χ1n) is 7.20. The summed E-state index contributed by atoms with van der Waals surface area (Å²) in [6, 6.07) is 0.363. The predicted octanol–water partition coefficient (Wildman–Crippen LogP) is 2.25. The minimum Gasteiger partial charge on any atom is -0.375 e. The van der Waals surface area contributed by atoms with Gasteiger partial charge in [0.2, 0.25) is 0 Å². The molecule has 3 rings (SSSR count). The second-order valence-corrected chi connectivity index (χ2v) is 5.60. The van der Waals surface area contributed by atoms with Crippen LogP contribution < -0.4 is 5.32 Å². The minimum atomic E-state index is 0.363. The number of fused-ring (bicyclic) bond motifs is 1. The van der Waals surface area contributed by atoms with E-state index in [2.05, 4.69) is 21.8 Å². The van der Waals surface area contributed by atoms with Gasteiger partial charge < -0.3 is 14.6 Å². The van der Waals surface area contributed by atoms with Crippen molar-refractivity contribution in [3.05, 3.63) is 17.7 Å². The van der Waals surface area contributed by atoms with E-state index in [9.17, 15) is 0 Å². The summed E-state index contributed by atoms with van der Waals surface area (Å²) in [5.74, 6) is 1.95. The lowest BCUT2D eigenvalue weighted by Gasteiger charge is -2.23. The Morgan fingerprint density at radius 2 is 2.28 bits per heavy atom. The molecule has 1 fully saturated rings. The fraction of sp³-hybridized carbons (Fsp3) is 0.786. The van der Waals surface area contributed by atoms with Gasteiger partial charge >= 0.3 is 0 Å². The maximum atomic E-state index is 5.88. The SMILES string of the molecule is C[C@@H]1NCCn2c(COCC3CCCC3)cnc21. The first-order chi connectivity index (χ1) is 8.84. The van der Waals surface area contributed by atoms with Crippen molar-refractivity contribution in [2.45, 2.75) is 51.8 Å². The van der Waals surface area contributed by atoms with Gasteiger partial charge in [-0.05, 0) is 25.7 Å². The summed E-state index contributed by atoms with van der Waals surface area (Å²) in [5.41, 5.74) is 1.23. The smallest absolute Gasteiger partial charge is 0.125 e. The van der Waals surface area contributed by atoms with Gasteiger partial charge in [-0.25, -0.2) is 4.98 Å². The van der Waals surface area contributed by atoms with Crippen LogP contribution in [0.15, 0.2) is 6.20 Å². The van der Waals surface area contributed by atoms with Gasteiger partial charge in [0, 0.05) is 19.7 Å². The van der Waals surface area contributed by atoms with Gasteiger partial charge in [-0.15, -0.1) is 0 Å². The van der Waals surface area contributed by atoms with Crippen LogP contribution >= 0.6 is 0 Å². The van der Waals surface area contributed by atoms with Gasteiger partial charge in [-0.3, -0.25) is 0 Å². The zero-order valence-corrected chi connectivity index (χ0v) is 11.2. The van der Waals surface area contributed by atoms with E-state index in [0.29, 0.717) is 6.04 Å². The number of hydrogen-bond donors (Lipinski definition) is 1. The summed E-state index contributed by atoms with van der Waals surface area (Å²) >= 11 is 0. The monoisotopic (exact) mass is 249 g/mol. The number of nitrogens with one attached hydrogen (secondary N) is 1. The Kier molecular flexibility index (Phi) is 3.66. The third-order valence-corrected chi connectivity index (χ3v) is 4.22. The highest BCUT2D eigenvalue weighted by Gasteiger charge is 2.20. The van der Waals surface area contributed by atoms with Gasteiger partial charge in [-0.1, -0.05) is 12.8 Å². The van der Waals surface area contributed by atoms with Crippen molar-refractivity contribution in [1.82, 2.24) is 14.9 Å². The third kappa shape index (κ3) is 2.45. The third-order valence-electron chi connectivity index (χ3n) is 4.22. The van der Waals surface area contributed by atoms with Crippen molar-refractivity contribution in [3.8, 4) is 0 Å². The summed E-state index contributed by atoms with van der Waals surface area (Å²) in [5, 5.41) is 3.43. The summed E-state index contributed by atoms with van der Waals surface area (Å²) in [7, 11) is 0. The molecule has 4 nitrogen and oxygen atoms in total. The number of rotatable bonds is 4. The molecular weight excluding hydrogens is 226 g/mol. The van der Waals surface area contributed by atoms with Crippen LogP contribution in [0.1, 0.15) is 50.2 Å². The van der Waals surface area contributed by atoms with Crippen LogP contribution in [0.3, 0.4) is 0 Å². The highest BCUT2D eigenvalue weighted by atomic mass is 16.5. The lowest BCUT2D eigenvalue weighted by molar-refractivity contribution is 0.0842. The Labute approximate surface area is 109 Å². The molecule has 0 spiro atoms. The largest absolute Gasteiger partial charge is 0.375 e. The molecule has 1 aliphatic heterocycles. The molecule has 2 aliphatic rings. The first-order valence-corrected chi connectivity index (χ1v) is 7.20. The van der Waals surface area contributed by atoms with Crippen LogP contribution in [0.5, 0.6) is 0 Å². The molecule has 100 valence electrons. The Bertz CT molecular complexity index is 396. The van der Waals surface area contributed by atoms with Crippen molar-refractivity contribution in [1.29, 1.82) is 0 Å². The summed E-state index contributed by atoms with van der Waals surface area (Å²) in [6.07, 6.45) is 7.46. The van der Waals surface area contributed by atoms with Crippen LogP contribution in [0.4, 0.5) is 0 Å². The normalized spacial score (nSPS) is 24.4. The van der Waals surface area contributed by atoms with E-state index in [0.717, 1.165) is 38.0 Å². The quantitative estimate of drug-likeness (QED) is 0.889. The molecule has 1 aromatic heterocycles. The molecule has 1 saturated carbocycles. The fourth-order valence-corrected chi connectivity index (χ4v) is 3.14. The molecule has 0 aromatic carbocycles. The second kappa shape index (κ2) is 5.41. The number of aromatic nitrogens is 2. The predicted molar refractivity (Wildman–Crippen MR) is 70.3 cm³/mol. The van der Waals surface area contributed by atoms with E-state index in [-0.39, 0.29) is 0 Å². The van der Waals surface area contributed by atoms with E-state index >= 15 is 0 Å². The molecule has 0 saturated heterocycles. The lowest BCUT2D eigenvalue weighted by Crippen LogP contribution is -2.32. The average Bonchev–Trinajstić information content (AvgIpc) is 3.00. The molecule has 0 bridgehead atoms. The molecule has 1 N–H and O–H groups in total. The molecule has 1 aromatic rings. The average molecular weight is 249 g/mol. The Morgan fingerprint density at radius 1 is 1.44 bits per heavy atom. The van der Waals surface area contributed by atoms with Crippen molar-refractivity contribution in [3.63, 3.8) is 0 Å². The summed E-state index contributed by atoms with van der Waals surface area (Å²) in [6.45, 7) is 5.85. The van der Waals surface area contributed by atoms with Gasteiger partial charge in [0.15, 0.2) is 0 Å². The molecule has 0 radical (unpaired) electrons. The molecular formula is C14H23N3O. The summed E-state index contributed by atoms with van der Waals surface area (Å²) in [4.78, 5) is 4.51. The first kappa shape index (κ1) is 12.2. The van der Waals surface area contributed by atoms with E-state index in [1.54, 1.807) is 0 Å². The highest BCUT2D eigenvalue weighted by molar-refractivity contribution is 5.09. The molecule has 18 heavy (non-hydrogen) atoms. The van der Waals surface area contributed by atoms with Crippen LogP contribution in [-0.4, -0.2) is 22.7 Å². The Morgan fingerprint density at radius 3 is 3.11 bits per heavy atom. The number of imidazole rings is 1. The van der Waals surface area contributed by atoms with E-state index in [1.807, 2.05) is 6.20 Å². The zero-order valence-electron chi connectivity index (χ0n) is 11.2. The van der Waals surface area contributed by atoms with Gasteiger partial charge in [-0.2, -0.15) is 0 Å². The second-order valence-electron chi connectivity index (χ2n) is 5.60. The topological polar surface area (TPSA) is 39.1 Å². The molecule has 4 heteroatoms. The van der Waals surface area contributed by atoms with E-state index in [1.165, 1.54) is 31.4 Å². The van der Waals surface area contributed by atoms with Crippen molar-refractivity contribution < 1.29 is 4.74 Å². The fourth-order valence-electron chi connectivity index (χ4n) is 3.14. The number of ether oxygens (including phenoxy) is 1.